The van der Waals surface area contributed by atoms with E-state index >= 15 is 0 Å². The molecule has 0 bridgehead atoms. The summed E-state index contributed by atoms with van der Waals surface area (Å²) >= 11 is 1.20. The Balaban J connectivity index is 1.81. The summed E-state index contributed by atoms with van der Waals surface area (Å²) in [5.41, 5.74) is 1.35. The molecule has 3 aromatic heterocycles. The summed E-state index contributed by atoms with van der Waals surface area (Å²) in [6.07, 6.45) is 3.42. The number of rotatable bonds is 7. The fraction of sp³-hybridized carbons (Fsp3) is 0.350. The molecule has 0 aliphatic rings. The van der Waals surface area contributed by atoms with Gasteiger partial charge in [-0.05, 0) is 52.0 Å². The fourth-order valence-corrected chi connectivity index (χ4v) is 3.41. The highest BCUT2D eigenvalue weighted by molar-refractivity contribution is 7.09. The summed E-state index contributed by atoms with van der Waals surface area (Å²) < 4.78 is 9.98. The van der Waals surface area contributed by atoms with Crippen molar-refractivity contribution in [2.75, 3.05) is 10.2 Å². The molecule has 0 fully saturated rings. The molecule has 3 aromatic rings. The zero-order valence-electron chi connectivity index (χ0n) is 17.1. The Bertz CT molecular complexity index is 971. The van der Waals surface area contributed by atoms with Gasteiger partial charge in [-0.1, -0.05) is 0 Å². The first-order chi connectivity index (χ1) is 13.8. The van der Waals surface area contributed by atoms with Crippen LogP contribution >= 0.6 is 11.5 Å². The number of aromatic nitrogens is 4. The molecule has 152 valence electrons. The van der Waals surface area contributed by atoms with Crippen LogP contribution in [-0.4, -0.2) is 37.4 Å². The van der Waals surface area contributed by atoms with Crippen molar-refractivity contribution >= 4 is 34.1 Å². The second-order valence-corrected chi connectivity index (χ2v) is 7.70. The van der Waals surface area contributed by atoms with Gasteiger partial charge in [0.05, 0.1) is 18.0 Å². The molecule has 0 unspecified atom stereocenters. The van der Waals surface area contributed by atoms with Gasteiger partial charge < -0.3 is 15.0 Å². The molecule has 0 aliphatic carbocycles. The smallest absolute Gasteiger partial charge is 0.224 e. The summed E-state index contributed by atoms with van der Waals surface area (Å²) in [5.74, 6) is 1.71. The van der Waals surface area contributed by atoms with E-state index in [1.165, 1.54) is 18.5 Å². The Morgan fingerprint density at radius 2 is 1.97 bits per heavy atom. The van der Waals surface area contributed by atoms with Gasteiger partial charge in [0.25, 0.3) is 0 Å². The van der Waals surface area contributed by atoms with Crippen LogP contribution in [0.4, 0.5) is 16.6 Å². The lowest BCUT2D eigenvalue weighted by Crippen LogP contribution is -2.35. The maximum Gasteiger partial charge on any atom is 0.224 e. The summed E-state index contributed by atoms with van der Waals surface area (Å²) in [6.45, 7) is 9.38. The summed E-state index contributed by atoms with van der Waals surface area (Å²) in [7, 11) is 0. The van der Waals surface area contributed by atoms with Crippen LogP contribution in [-0.2, 0) is 4.79 Å². The van der Waals surface area contributed by atoms with Crippen LogP contribution in [0.5, 0.6) is 5.75 Å². The van der Waals surface area contributed by atoms with E-state index < -0.39 is 0 Å². The number of carbonyl (C=O) groups is 1. The number of amides is 1. The third-order valence-electron chi connectivity index (χ3n) is 3.89. The lowest BCUT2D eigenvalue weighted by atomic mass is 10.2. The van der Waals surface area contributed by atoms with Gasteiger partial charge in [-0.25, -0.2) is 9.97 Å². The lowest BCUT2D eigenvalue weighted by molar-refractivity contribution is -0.116. The second kappa shape index (κ2) is 8.95. The second-order valence-electron chi connectivity index (χ2n) is 6.95. The van der Waals surface area contributed by atoms with Crippen molar-refractivity contribution in [2.45, 2.75) is 46.8 Å². The van der Waals surface area contributed by atoms with Crippen molar-refractivity contribution in [2.24, 2.45) is 0 Å². The molecule has 9 heteroatoms. The van der Waals surface area contributed by atoms with Gasteiger partial charge in [-0.15, -0.1) is 0 Å². The van der Waals surface area contributed by atoms with Gasteiger partial charge in [0.1, 0.15) is 11.4 Å². The molecular weight excluding hydrogens is 388 g/mol. The van der Waals surface area contributed by atoms with Crippen LogP contribution in [0.2, 0.25) is 0 Å². The van der Waals surface area contributed by atoms with Crippen molar-refractivity contribution in [3.8, 4) is 17.3 Å². The quantitative estimate of drug-likeness (QED) is 0.619. The van der Waals surface area contributed by atoms with E-state index in [0.717, 1.165) is 0 Å². The Kier molecular flexibility index (Phi) is 6.38. The number of carbonyl (C=O) groups excluding carboxylic acids is 1. The molecule has 0 radical (unpaired) electrons. The van der Waals surface area contributed by atoms with E-state index in [4.69, 9.17) is 4.74 Å². The fourth-order valence-electron chi connectivity index (χ4n) is 2.83. The predicted octanol–water partition coefficient (Wildman–Crippen LogP) is 4.29. The topological polar surface area (TPSA) is 93.1 Å². The van der Waals surface area contributed by atoms with Crippen LogP contribution in [0, 0.1) is 0 Å². The maximum absolute atomic E-state index is 12.1. The maximum atomic E-state index is 12.1. The molecule has 0 saturated carbocycles. The third-order valence-corrected chi connectivity index (χ3v) is 4.52. The Morgan fingerprint density at radius 3 is 2.59 bits per heavy atom. The van der Waals surface area contributed by atoms with Crippen LogP contribution in [0.25, 0.3) is 11.5 Å². The van der Waals surface area contributed by atoms with Crippen molar-refractivity contribution in [3.05, 3.63) is 36.7 Å². The van der Waals surface area contributed by atoms with Gasteiger partial charge in [0.15, 0.2) is 11.6 Å². The number of anilines is 3. The first kappa shape index (κ1) is 20.7. The standard InChI is InChI=1S/C20H24N6O2S/c1-12(2)26(14(5)27)17-7-6-10-21-19(17)24-20-23-18(25-29-20)16-9-8-15(11-22-16)28-13(3)4/h6-13H,1-5H3,(H,21,23,24,25). The highest BCUT2D eigenvalue weighted by atomic mass is 32.1. The Hall–Kier alpha value is -3.07. The minimum Gasteiger partial charge on any atom is -0.489 e. The predicted molar refractivity (Wildman–Crippen MR) is 115 cm³/mol. The van der Waals surface area contributed by atoms with E-state index in [0.29, 0.717) is 33.9 Å². The van der Waals surface area contributed by atoms with Crippen LogP contribution in [0.3, 0.4) is 0 Å². The molecule has 0 aliphatic heterocycles. The number of nitrogens with zero attached hydrogens (tertiary/aromatic N) is 5. The van der Waals surface area contributed by atoms with Crippen molar-refractivity contribution in [3.63, 3.8) is 0 Å². The normalized spacial score (nSPS) is 11.0. The molecule has 29 heavy (non-hydrogen) atoms. The van der Waals surface area contributed by atoms with Crippen molar-refractivity contribution in [1.82, 2.24) is 19.3 Å². The largest absolute Gasteiger partial charge is 0.489 e. The minimum absolute atomic E-state index is 0.00185. The highest BCUT2D eigenvalue weighted by Crippen LogP contribution is 2.30. The number of nitrogens with one attached hydrogen (secondary N) is 1. The molecular formula is C20H24N6O2S. The molecule has 3 rings (SSSR count). The van der Waals surface area contributed by atoms with E-state index in [1.807, 2.05) is 45.9 Å². The van der Waals surface area contributed by atoms with Crippen LogP contribution in [0.1, 0.15) is 34.6 Å². The van der Waals surface area contributed by atoms with Gasteiger partial charge in [0, 0.05) is 30.7 Å². The molecule has 0 atom stereocenters. The SMILES string of the molecule is CC(=O)N(c1cccnc1Nc1nc(-c2ccc(OC(C)C)cn2)ns1)C(C)C. The number of ether oxygens (including phenoxy) is 1. The molecule has 0 saturated heterocycles. The van der Waals surface area contributed by atoms with Crippen molar-refractivity contribution in [1.29, 1.82) is 0 Å². The summed E-state index contributed by atoms with van der Waals surface area (Å²) in [5, 5.41) is 3.74. The molecule has 8 nitrogen and oxygen atoms in total. The molecule has 3 heterocycles. The van der Waals surface area contributed by atoms with Gasteiger partial charge in [-0.3, -0.25) is 4.79 Å². The minimum atomic E-state index is -0.0538. The first-order valence-corrected chi connectivity index (χ1v) is 10.1. The zero-order valence-corrected chi connectivity index (χ0v) is 17.9. The Morgan fingerprint density at radius 1 is 1.17 bits per heavy atom. The average molecular weight is 413 g/mol. The van der Waals surface area contributed by atoms with Crippen LogP contribution in [0.15, 0.2) is 36.7 Å². The van der Waals surface area contributed by atoms with Crippen LogP contribution < -0.4 is 15.0 Å². The van der Waals surface area contributed by atoms with E-state index in [1.54, 1.807) is 23.4 Å². The highest BCUT2D eigenvalue weighted by Gasteiger charge is 2.20. The zero-order chi connectivity index (χ0) is 21.0. The lowest BCUT2D eigenvalue weighted by Gasteiger charge is -2.26. The number of hydrogen-bond acceptors (Lipinski definition) is 8. The van der Waals surface area contributed by atoms with E-state index in [-0.39, 0.29) is 18.1 Å². The Labute approximate surface area is 174 Å². The van der Waals surface area contributed by atoms with E-state index in [9.17, 15) is 4.79 Å². The molecule has 1 amide bonds. The van der Waals surface area contributed by atoms with Gasteiger partial charge >= 0.3 is 0 Å². The summed E-state index contributed by atoms with van der Waals surface area (Å²) in [6, 6.07) is 7.33. The van der Waals surface area contributed by atoms with Gasteiger partial charge in [0.2, 0.25) is 11.0 Å². The first-order valence-electron chi connectivity index (χ1n) is 9.33. The third kappa shape index (κ3) is 5.05. The molecule has 0 aromatic carbocycles. The number of hydrogen-bond donors (Lipinski definition) is 1. The molecule has 0 spiro atoms. The van der Waals surface area contributed by atoms with Gasteiger partial charge in [-0.2, -0.15) is 9.36 Å². The average Bonchev–Trinajstić information content (AvgIpc) is 3.11. The number of pyridine rings is 2. The summed E-state index contributed by atoms with van der Waals surface area (Å²) in [4.78, 5) is 27.1. The molecule has 1 N–H and O–H groups in total. The van der Waals surface area contributed by atoms with Crippen molar-refractivity contribution < 1.29 is 9.53 Å². The van der Waals surface area contributed by atoms with E-state index in [2.05, 4.69) is 24.6 Å². The monoisotopic (exact) mass is 412 g/mol.